The van der Waals surface area contributed by atoms with E-state index in [0.717, 1.165) is 22.2 Å². The first-order chi connectivity index (χ1) is 13.9. The number of hydrogen-bond acceptors (Lipinski definition) is 3. The molecule has 29 heavy (non-hydrogen) atoms. The summed E-state index contributed by atoms with van der Waals surface area (Å²) < 4.78 is 0. The van der Waals surface area contributed by atoms with Crippen molar-refractivity contribution in [3.05, 3.63) is 45.9 Å². The monoisotopic (exact) mass is 412 g/mol. The molecule has 0 aliphatic heterocycles. The Labute approximate surface area is 180 Å². The summed E-state index contributed by atoms with van der Waals surface area (Å²) in [5.41, 5.74) is 2.56. The van der Waals surface area contributed by atoms with E-state index in [1.807, 2.05) is 23.6 Å². The van der Waals surface area contributed by atoms with Gasteiger partial charge in [0, 0.05) is 17.0 Å². The number of aromatic nitrogens is 1. The summed E-state index contributed by atoms with van der Waals surface area (Å²) >= 11 is 1.66. The predicted octanol–water partition coefficient (Wildman–Crippen LogP) is 7.55. The first-order valence-corrected chi connectivity index (χ1v) is 12.1. The first-order valence-electron chi connectivity index (χ1n) is 11.2. The van der Waals surface area contributed by atoms with Gasteiger partial charge in [0.25, 0.3) is 5.91 Å². The van der Waals surface area contributed by atoms with Gasteiger partial charge in [0.15, 0.2) is 0 Å². The average Bonchev–Trinajstić information content (AvgIpc) is 3.19. The van der Waals surface area contributed by atoms with Crippen molar-refractivity contribution in [3.63, 3.8) is 0 Å². The molecule has 1 heterocycles. The Morgan fingerprint density at radius 3 is 2.55 bits per heavy atom. The third-order valence-electron chi connectivity index (χ3n) is 6.15. The number of nitrogens with zero attached hydrogens (tertiary/aromatic N) is 1. The van der Waals surface area contributed by atoms with Crippen molar-refractivity contribution in [3.8, 4) is 0 Å². The standard InChI is InChI=1S/C25H36N2OS/c1-5-6-7-10-18-13-15-19(16-14-18)24-27-22(17-29-24)23(28)26-21-12-9-8-11-20(21)25(2,3)4/h8-9,11-12,17-19H,5-7,10,13-16H2,1-4H3,(H,26,28). The molecule has 0 bridgehead atoms. The van der Waals surface area contributed by atoms with Crippen LogP contribution in [0.5, 0.6) is 0 Å². The molecule has 0 radical (unpaired) electrons. The van der Waals surface area contributed by atoms with Gasteiger partial charge in [0.2, 0.25) is 0 Å². The molecule has 158 valence electrons. The second-order valence-electron chi connectivity index (χ2n) is 9.53. The van der Waals surface area contributed by atoms with Crippen LogP contribution in [0.4, 0.5) is 5.69 Å². The zero-order valence-electron chi connectivity index (χ0n) is 18.5. The number of rotatable bonds is 7. The van der Waals surface area contributed by atoms with Crippen LogP contribution in [0.2, 0.25) is 0 Å². The molecule has 3 rings (SSSR count). The normalized spacial score (nSPS) is 19.9. The van der Waals surface area contributed by atoms with E-state index in [4.69, 9.17) is 4.98 Å². The summed E-state index contributed by atoms with van der Waals surface area (Å²) in [6.07, 6.45) is 10.5. The lowest BCUT2D eigenvalue weighted by molar-refractivity contribution is 0.102. The van der Waals surface area contributed by atoms with E-state index >= 15 is 0 Å². The predicted molar refractivity (Wildman–Crippen MR) is 124 cm³/mol. The number of nitrogens with one attached hydrogen (secondary N) is 1. The number of benzene rings is 1. The fraction of sp³-hybridized carbons (Fsp3) is 0.600. The van der Waals surface area contributed by atoms with Crippen molar-refractivity contribution in [2.24, 2.45) is 5.92 Å². The van der Waals surface area contributed by atoms with Crippen molar-refractivity contribution >= 4 is 22.9 Å². The van der Waals surface area contributed by atoms with Gasteiger partial charge in [0.1, 0.15) is 5.69 Å². The fourth-order valence-electron chi connectivity index (χ4n) is 4.39. The second kappa shape index (κ2) is 9.88. The van der Waals surface area contributed by atoms with Gasteiger partial charge in [-0.05, 0) is 48.6 Å². The van der Waals surface area contributed by atoms with Gasteiger partial charge in [0.05, 0.1) is 5.01 Å². The van der Waals surface area contributed by atoms with Gasteiger partial charge < -0.3 is 5.32 Å². The molecule has 2 aromatic rings. The Balaban J connectivity index is 1.59. The number of anilines is 1. The topological polar surface area (TPSA) is 42.0 Å². The van der Waals surface area contributed by atoms with E-state index in [-0.39, 0.29) is 11.3 Å². The lowest BCUT2D eigenvalue weighted by Gasteiger charge is -2.27. The van der Waals surface area contributed by atoms with Crippen molar-refractivity contribution < 1.29 is 4.79 Å². The minimum absolute atomic E-state index is 0.0210. The van der Waals surface area contributed by atoms with Crippen LogP contribution in [0.15, 0.2) is 29.6 Å². The molecule has 1 amide bonds. The summed E-state index contributed by atoms with van der Waals surface area (Å²) in [5.74, 6) is 1.33. The van der Waals surface area contributed by atoms with Crippen molar-refractivity contribution in [2.45, 2.75) is 90.4 Å². The van der Waals surface area contributed by atoms with Crippen LogP contribution in [0.3, 0.4) is 0 Å². The molecule has 1 N–H and O–H groups in total. The fourth-order valence-corrected chi connectivity index (χ4v) is 5.36. The lowest BCUT2D eigenvalue weighted by Crippen LogP contribution is -2.19. The highest BCUT2D eigenvalue weighted by atomic mass is 32.1. The highest BCUT2D eigenvalue weighted by Gasteiger charge is 2.25. The molecule has 0 unspecified atom stereocenters. The van der Waals surface area contributed by atoms with Gasteiger partial charge in [-0.1, -0.05) is 71.6 Å². The summed E-state index contributed by atoms with van der Waals surface area (Å²) in [6, 6.07) is 8.05. The summed E-state index contributed by atoms with van der Waals surface area (Å²) in [7, 11) is 0. The molecule has 1 aromatic carbocycles. The molecule has 3 nitrogen and oxygen atoms in total. The van der Waals surface area contributed by atoms with E-state index in [1.54, 1.807) is 11.3 Å². The third-order valence-corrected chi connectivity index (χ3v) is 7.16. The van der Waals surface area contributed by atoms with Crippen LogP contribution in [0.25, 0.3) is 0 Å². The van der Waals surface area contributed by atoms with Gasteiger partial charge in [-0.25, -0.2) is 4.98 Å². The molecule has 1 aliphatic carbocycles. The van der Waals surface area contributed by atoms with Crippen LogP contribution in [0, 0.1) is 5.92 Å². The van der Waals surface area contributed by atoms with Crippen LogP contribution < -0.4 is 5.32 Å². The lowest BCUT2D eigenvalue weighted by atomic mass is 9.80. The smallest absolute Gasteiger partial charge is 0.275 e. The number of hydrogen-bond donors (Lipinski definition) is 1. The Morgan fingerprint density at radius 2 is 1.86 bits per heavy atom. The highest BCUT2D eigenvalue weighted by Crippen LogP contribution is 2.39. The van der Waals surface area contributed by atoms with Crippen molar-refractivity contribution in [2.75, 3.05) is 5.32 Å². The van der Waals surface area contributed by atoms with Crippen molar-refractivity contribution in [1.29, 1.82) is 0 Å². The molecule has 4 heteroatoms. The zero-order chi connectivity index (χ0) is 20.9. The Morgan fingerprint density at radius 1 is 1.14 bits per heavy atom. The van der Waals surface area contributed by atoms with E-state index in [1.165, 1.54) is 51.4 Å². The van der Waals surface area contributed by atoms with Gasteiger partial charge >= 0.3 is 0 Å². The van der Waals surface area contributed by atoms with Crippen LogP contribution in [-0.4, -0.2) is 10.9 Å². The van der Waals surface area contributed by atoms with Gasteiger partial charge in [-0.3, -0.25) is 4.79 Å². The molecular weight excluding hydrogens is 376 g/mol. The van der Waals surface area contributed by atoms with E-state index in [2.05, 4.69) is 39.1 Å². The van der Waals surface area contributed by atoms with E-state index in [9.17, 15) is 4.79 Å². The number of carbonyl (C=O) groups is 1. The molecule has 1 fully saturated rings. The summed E-state index contributed by atoms with van der Waals surface area (Å²) in [5, 5.41) is 6.16. The molecular formula is C25H36N2OS. The molecule has 0 spiro atoms. The number of amides is 1. The van der Waals surface area contributed by atoms with Crippen LogP contribution >= 0.6 is 11.3 Å². The Bertz CT molecular complexity index is 797. The van der Waals surface area contributed by atoms with Gasteiger partial charge in [-0.15, -0.1) is 11.3 Å². The van der Waals surface area contributed by atoms with Gasteiger partial charge in [-0.2, -0.15) is 0 Å². The minimum atomic E-state index is -0.0996. The Kier molecular flexibility index (Phi) is 7.50. The minimum Gasteiger partial charge on any atom is -0.320 e. The van der Waals surface area contributed by atoms with Crippen molar-refractivity contribution in [1.82, 2.24) is 4.98 Å². The number of thiazole rings is 1. The number of para-hydroxylation sites is 1. The SMILES string of the molecule is CCCCCC1CCC(c2nc(C(=O)Nc3ccccc3C(C)(C)C)cs2)CC1. The number of carbonyl (C=O) groups excluding carboxylic acids is 1. The molecule has 1 aliphatic rings. The summed E-state index contributed by atoms with van der Waals surface area (Å²) in [6.45, 7) is 8.77. The van der Waals surface area contributed by atoms with Crippen LogP contribution in [-0.2, 0) is 5.41 Å². The highest BCUT2D eigenvalue weighted by molar-refractivity contribution is 7.09. The summed E-state index contributed by atoms with van der Waals surface area (Å²) in [4.78, 5) is 17.5. The molecule has 1 aromatic heterocycles. The quantitative estimate of drug-likeness (QED) is 0.477. The molecule has 0 saturated heterocycles. The largest absolute Gasteiger partial charge is 0.320 e. The first kappa shape index (κ1) is 22.0. The van der Waals surface area contributed by atoms with Crippen LogP contribution in [0.1, 0.15) is 106 Å². The van der Waals surface area contributed by atoms with E-state index < -0.39 is 0 Å². The zero-order valence-corrected chi connectivity index (χ0v) is 19.3. The molecule has 0 atom stereocenters. The Hall–Kier alpha value is -1.68. The maximum Gasteiger partial charge on any atom is 0.275 e. The molecule has 1 saturated carbocycles. The third kappa shape index (κ3) is 5.91. The number of unbranched alkanes of at least 4 members (excludes halogenated alkanes) is 2. The maximum absolute atomic E-state index is 12.8. The average molecular weight is 413 g/mol. The maximum atomic E-state index is 12.8. The van der Waals surface area contributed by atoms with E-state index in [0.29, 0.717) is 11.6 Å². The second-order valence-corrected chi connectivity index (χ2v) is 10.4.